The summed E-state index contributed by atoms with van der Waals surface area (Å²) in [6.45, 7) is 8.03. The molecule has 0 radical (unpaired) electrons. The number of ether oxygens (including phenoxy) is 2. The summed E-state index contributed by atoms with van der Waals surface area (Å²) >= 11 is 0. The molecule has 2 N–H and O–H groups in total. The van der Waals surface area contributed by atoms with Gasteiger partial charge in [0.25, 0.3) is 0 Å². The van der Waals surface area contributed by atoms with Crippen LogP contribution in [0.2, 0.25) is 0 Å². The highest BCUT2D eigenvalue weighted by atomic mass is 16.5. The molecule has 0 aliphatic carbocycles. The minimum atomic E-state index is -0.332. The van der Waals surface area contributed by atoms with Crippen molar-refractivity contribution in [3.8, 4) is 23.8 Å². The molecular formula is C25H26N6O3. The summed E-state index contributed by atoms with van der Waals surface area (Å²) in [4.78, 5) is 12.3. The van der Waals surface area contributed by atoms with Gasteiger partial charge in [0.15, 0.2) is 0 Å². The van der Waals surface area contributed by atoms with E-state index in [1.165, 1.54) is 9.36 Å². The van der Waals surface area contributed by atoms with Crippen LogP contribution < -0.4 is 16.3 Å². The van der Waals surface area contributed by atoms with Gasteiger partial charge < -0.3 is 15.3 Å². The fourth-order valence-electron chi connectivity index (χ4n) is 3.23. The van der Waals surface area contributed by atoms with Crippen LogP contribution in [-0.4, -0.2) is 32.1 Å². The van der Waals surface area contributed by atoms with E-state index >= 15 is 0 Å². The van der Waals surface area contributed by atoms with Crippen LogP contribution in [0.15, 0.2) is 70.8 Å². The molecule has 9 heteroatoms. The molecule has 0 unspecified atom stereocenters. The maximum Gasteiger partial charge on any atom is 0.368 e. The number of aromatic nitrogens is 4. The van der Waals surface area contributed by atoms with Crippen molar-refractivity contribution in [1.82, 2.24) is 19.8 Å². The van der Waals surface area contributed by atoms with Gasteiger partial charge in [0, 0.05) is 18.2 Å². The number of terminal acetylenes is 1. The Morgan fingerprint density at radius 2 is 2.03 bits per heavy atom. The smallest absolute Gasteiger partial charge is 0.368 e. The first-order valence-corrected chi connectivity index (χ1v) is 10.4. The number of allylic oxidation sites excluding steroid dienone is 2. The lowest BCUT2D eigenvalue weighted by Crippen LogP contribution is -2.23. The molecule has 0 fully saturated rings. The third-order valence-electron chi connectivity index (χ3n) is 5.09. The summed E-state index contributed by atoms with van der Waals surface area (Å²) in [6.07, 6.45) is 8.53. The summed E-state index contributed by atoms with van der Waals surface area (Å²) in [6, 6.07) is 11.3. The van der Waals surface area contributed by atoms with E-state index in [0.717, 1.165) is 22.3 Å². The maximum absolute atomic E-state index is 12.3. The number of hydrogen-bond donors (Lipinski definition) is 1. The molecule has 174 valence electrons. The Kier molecular flexibility index (Phi) is 7.67. The van der Waals surface area contributed by atoms with Crippen molar-refractivity contribution >= 4 is 5.71 Å². The fourth-order valence-corrected chi connectivity index (χ4v) is 3.23. The Labute approximate surface area is 197 Å². The minimum absolute atomic E-state index is 0.136. The van der Waals surface area contributed by atoms with Crippen LogP contribution >= 0.6 is 0 Å². The molecule has 0 saturated carbocycles. The van der Waals surface area contributed by atoms with E-state index in [0.29, 0.717) is 22.9 Å². The normalized spacial score (nSPS) is 11.4. The van der Waals surface area contributed by atoms with Gasteiger partial charge in [0.05, 0.1) is 11.4 Å². The molecule has 0 aliphatic heterocycles. The second-order valence-electron chi connectivity index (χ2n) is 7.45. The number of tetrazole rings is 1. The van der Waals surface area contributed by atoms with E-state index in [1.807, 2.05) is 50.2 Å². The zero-order valence-corrected chi connectivity index (χ0v) is 19.4. The number of hydrogen-bond acceptors (Lipinski definition) is 7. The lowest BCUT2D eigenvalue weighted by Gasteiger charge is -2.15. The monoisotopic (exact) mass is 458 g/mol. The van der Waals surface area contributed by atoms with Crippen molar-refractivity contribution in [3.63, 3.8) is 0 Å². The largest absolute Gasteiger partial charge is 0.489 e. The molecule has 1 aromatic heterocycles. The standard InChI is InChI=1S/C25H26N6O3/c1-6-14-33-19(4)10-12-22(27-26)20-11-13-24(18(3)15-20)34-16-21-17(2)8-7-9-23(21)31-25(32)30(5)28-29-31/h1,7-13,15H,4,14,16,26H2,2-3,5H3/b12-10-,27-22+. The second-order valence-corrected chi connectivity index (χ2v) is 7.45. The lowest BCUT2D eigenvalue weighted by atomic mass is 10.1. The van der Waals surface area contributed by atoms with Gasteiger partial charge >= 0.3 is 5.69 Å². The van der Waals surface area contributed by atoms with Crippen LogP contribution in [0, 0.1) is 26.2 Å². The summed E-state index contributed by atoms with van der Waals surface area (Å²) in [5, 5.41) is 11.6. The van der Waals surface area contributed by atoms with E-state index in [-0.39, 0.29) is 18.9 Å². The summed E-state index contributed by atoms with van der Waals surface area (Å²) in [5.74, 6) is 9.05. The van der Waals surface area contributed by atoms with Crippen LogP contribution in [-0.2, 0) is 18.4 Å². The van der Waals surface area contributed by atoms with Crippen molar-refractivity contribution in [2.24, 2.45) is 18.0 Å². The number of rotatable bonds is 9. The number of aryl methyl sites for hydroxylation is 3. The van der Waals surface area contributed by atoms with E-state index in [2.05, 4.69) is 28.0 Å². The molecule has 0 atom stereocenters. The highest BCUT2D eigenvalue weighted by Crippen LogP contribution is 2.24. The van der Waals surface area contributed by atoms with Gasteiger partial charge in [-0.3, -0.25) is 0 Å². The summed E-state index contributed by atoms with van der Waals surface area (Å²) in [5.41, 5.74) is 4.34. The van der Waals surface area contributed by atoms with E-state index in [9.17, 15) is 4.79 Å². The van der Waals surface area contributed by atoms with Gasteiger partial charge in [-0.25, -0.2) is 4.79 Å². The Morgan fingerprint density at radius 3 is 2.68 bits per heavy atom. The van der Waals surface area contributed by atoms with Crippen molar-refractivity contribution in [3.05, 3.63) is 93.6 Å². The SMILES string of the molecule is C#CCOC(=C)/C=C\C(=N/N)c1ccc(OCc2c(C)cccc2-n2nnn(C)c2=O)c(C)c1. The first kappa shape index (κ1) is 24.1. The highest BCUT2D eigenvalue weighted by molar-refractivity contribution is 6.08. The van der Waals surface area contributed by atoms with E-state index < -0.39 is 0 Å². The van der Waals surface area contributed by atoms with Crippen LogP contribution in [0.1, 0.15) is 22.3 Å². The van der Waals surface area contributed by atoms with Gasteiger partial charge in [-0.15, -0.1) is 6.42 Å². The van der Waals surface area contributed by atoms with Crippen molar-refractivity contribution in [2.75, 3.05) is 6.61 Å². The topological polar surface area (TPSA) is 110 Å². The number of nitrogens with zero attached hydrogens (tertiary/aromatic N) is 5. The van der Waals surface area contributed by atoms with Gasteiger partial charge in [0.1, 0.15) is 24.7 Å². The lowest BCUT2D eigenvalue weighted by molar-refractivity contribution is 0.269. The van der Waals surface area contributed by atoms with Crippen molar-refractivity contribution in [2.45, 2.75) is 20.5 Å². The zero-order chi connectivity index (χ0) is 24.7. The number of nitrogens with two attached hydrogens (primary N) is 1. The van der Waals surface area contributed by atoms with Crippen molar-refractivity contribution < 1.29 is 9.47 Å². The van der Waals surface area contributed by atoms with Crippen LogP contribution in [0.25, 0.3) is 5.69 Å². The average molecular weight is 459 g/mol. The first-order valence-electron chi connectivity index (χ1n) is 10.4. The molecule has 3 rings (SSSR count). The molecular weight excluding hydrogens is 432 g/mol. The predicted octanol–water partition coefficient (Wildman–Crippen LogP) is 2.54. The Balaban J connectivity index is 1.80. The van der Waals surface area contributed by atoms with Crippen LogP contribution in [0.5, 0.6) is 5.75 Å². The van der Waals surface area contributed by atoms with Gasteiger partial charge in [-0.2, -0.15) is 14.5 Å². The number of benzene rings is 2. The van der Waals surface area contributed by atoms with E-state index in [1.54, 1.807) is 19.2 Å². The Hall–Kier alpha value is -4.58. The molecule has 3 aromatic rings. The quantitative estimate of drug-likeness (QED) is 0.132. The molecule has 1 heterocycles. The fraction of sp³-hybridized carbons (Fsp3) is 0.200. The van der Waals surface area contributed by atoms with Crippen molar-refractivity contribution in [1.29, 1.82) is 0 Å². The minimum Gasteiger partial charge on any atom is -0.489 e. The average Bonchev–Trinajstić information content (AvgIpc) is 3.16. The molecule has 0 bridgehead atoms. The molecule has 9 nitrogen and oxygen atoms in total. The Morgan fingerprint density at radius 1 is 1.24 bits per heavy atom. The molecule has 0 saturated heterocycles. The van der Waals surface area contributed by atoms with Gasteiger partial charge in [-0.05, 0) is 71.8 Å². The summed E-state index contributed by atoms with van der Waals surface area (Å²) in [7, 11) is 1.55. The first-order chi connectivity index (χ1) is 16.3. The molecule has 2 aromatic carbocycles. The third-order valence-corrected chi connectivity index (χ3v) is 5.09. The Bertz CT molecular complexity index is 1360. The second kappa shape index (κ2) is 10.8. The molecule has 0 aliphatic rings. The third kappa shape index (κ3) is 5.42. The molecule has 34 heavy (non-hydrogen) atoms. The molecule has 0 amide bonds. The summed E-state index contributed by atoms with van der Waals surface area (Å²) < 4.78 is 13.8. The van der Waals surface area contributed by atoms with Gasteiger partial charge in [0.2, 0.25) is 0 Å². The maximum atomic E-state index is 12.3. The highest BCUT2D eigenvalue weighted by Gasteiger charge is 2.14. The van der Waals surface area contributed by atoms with Crippen LogP contribution in [0.4, 0.5) is 0 Å². The van der Waals surface area contributed by atoms with Gasteiger partial charge in [-0.1, -0.05) is 24.6 Å². The predicted molar refractivity (Wildman–Crippen MR) is 131 cm³/mol. The van der Waals surface area contributed by atoms with E-state index in [4.69, 9.17) is 21.7 Å². The molecule has 0 spiro atoms. The zero-order valence-electron chi connectivity index (χ0n) is 19.4. The van der Waals surface area contributed by atoms with Crippen LogP contribution in [0.3, 0.4) is 0 Å². The number of hydrazone groups is 1.